The zero-order valence-electron chi connectivity index (χ0n) is 16.7. The SMILES string of the molecule is CNC(=O)c1ccc(CN(c2ncnc3c2cnn3-c2ccccc2)C2CC2)cc1. The van der Waals surface area contributed by atoms with E-state index in [0.717, 1.165) is 47.5 Å². The smallest absolute Gasteiger partial charge is 0.251 e. The Morgan fingerprint density at radius 2 is 1.87 bits per heavy atom. The fourth-order valence-corrected chi connectivity index (χ4v) is 3.68. The summed E-state index contributed by atoms with van der Waals surface area (Å²) in [4.78, 5) is 23.3. The van der Waals surface area contributed by atoms with E-state index in [0.29, 0.717) is 11.6 Å². The highest BCUT2D eigenvalue weighted by molar-refractivity contribution is 5.94. The molecule has 2 aromatic heterocycles. The monoisotopic (exact) mass is 398 g/mol. The molecule has 1 fully saturated rings. The Morgan fingerprint density at radius 3 is 2.57 bits per heavy atom. The first-order valence-electron chi connectivity index (χ1n) is 10.1. The lowest BCUT2D eigenvalue weighted by Gasteiger charge is -2.24. The van der Waals surface area contributed by atoms with Gasteiger partial charge >= 0.3 is 0 Å². The number of nitrogens with one attached hydrogen (secondary N) is 1. The predicted octanol–water partition coefficient (Wildman–Crippen LogP) is 3.34. The second-order valence-electron chi connectivity index (χ2n) is 7.46. The van der Waals surface area contributed by atoms with Crippen molar-refractivity contribution in [2.24, 2.45) is 0 Å². The summed E-state index contributed by atoms with van der Waals surface area (Å²) in [6.45, 7) is 0.724. The summed E-state index contributed by atoms with van der Waals surface area (Å²) in [7, 11) is 1.64. The first kappa shape index (κ1) is 18.3. The molecule has 0 bridgehead atoms. The lowest BCUT2D eigenvalue weighted by molar-refractivity contribution is 0.0963. The second-order valence-corrected chi connectivity index (χ2v) is 7.46. The van der Waals surface area contributed by atoms with Crippen molar-refractivity contribution in [3.8, 4) is 5.69 Å². The highest BCUT2D eigenvalue weighted by Gasteiger charge is 2.31. The summed E-state index contributed by atoms with van der Waals surface area (Å²) >= 11 is 0. The second kappa shape index (κ2) is 7.59. The number of carbonyl (C=O) groups is 1. The van der Waals surface area contributed by atoms with Gasteiger partial charge in [-0.15, -0.1) is 0 Å². The topological polar surface area (TPSA) is 75.9 Å². The maximum Gasteiger partial charge on any atom is 0.251 e. The minimum atomic E-state index is -0.0774. The number of benzene rings is 2. The molecule has 0 radical (unpaired) electrons. The molecule has 0 spiro atoms. The van der Waals surface area contributed by atoms with E-state index in [2.05, 4.69) is 25.3 Å². The van der Waals surface area contributed by atoms with Crippen LogP contribution < -0.4 is 10.2 Å². The van der Waals surface area contributed by atoms with Gasteiger partial charge in [-0.25, -0.2) is 14.6 Å². The van der Waals surface area contributed by atoms with Crippen LogP contribution in [0.25, 0.3) is 16.7 Å². The zero-order valence-corrected chi connectivity index (χ0v) is 16.7. The molecule has 1 amide bonds. The Kier molecular flexibility index (Phi) is 4.63. The number of hydrogen-bond acceptors (Lipinski definition) is 5. The van der Waals surface area contributed by atoms with Crippen molar-refractivity contribution in [2.75, 3.05) is 11.9 Å². The fraction of sp³-hybridized carbons (Fsp3) is 0.217. The Bertz CT molecular complexity index is 1180. The van der Waals surface area contributed by atoms with Gasteiger partial charge in [-0.3, -0.25) is 4.79 Å². The normalized spacial score (nSPS) is 13.4. The average molecular weight is 398 g/mol. The van der Waals surface area contributed by atoms with E-state index < -0.39 is 0 Å². The molecule has 2 aromatic carbocycles. The minimum absolute atomic E-state index is 0.0774. The molecule has 5 rings (SSSR count). The van der Waals surface area contributed by atoms with Crippen LogP contribution in [0.3, 0.4) is 0 Å². The summed E-state index contributed by atoms with van der Waals surface area (Å²) in [5.74, 6) is 0.825. The zero-order chi connectivity index (χ0) is 20.5. The molecule has 0 atom stereocenters. The maximum absolute atomic E-state index is 11.8. The van der Waals surface area contributed by atoms with Gasteiger partial charge < -0.3 is 10.2 Å². The summed E-state index contributed by atoms with van der Waals surface area (Å²) < 4.78 is 1.85. The van der Waals surface area contributed by atoms with Crippen molar-refractivity contribution in [2.45, 2.75) is 25.4 Å². The van der Waals surface area contributed by atoms with Crippen molar-refractivity contribution in [3.05, 3.63) is 78.2 Å². The van der Waals surface area contributed by atoms with Gasteiger partial charge in [0.15, 0.2) is 5.65 Å². The van der Waals surface area contributed by atoms with Crippen LogP contribution in [0.15, 0.2) is 67.1 Å². The van der Waals surface area contributed by atoms with Crippen LogP contribution >= 0.6 is 0 Å². The van der Waals surface area contributed by atoms with E-state index in [4.69, 9.17) is 0 Å². The molecule has 0 unspecified atom stereocenters. The lowest BCUT2D eigenvalue weighted by atomic mass is 10.1. The maximum atomic E-state index is 11.8. The molecule has 2 heterocycles. The van der Waals surface area contributed by atoms with Crippen LogP contribution in [0.1, 0.15) is 28.8 Å². The summed E-state index contributed by atoms with van der Waals surface area (Å²) in [5.41, 5.74) is 3.57. The predicted molar refractivity (Wildman–Crippen MR) is 116 cm³/mol. The lowest BCUT2D eigenvalue weighted by Crippen LogP contribution is -2.26. The summed E-state index contributed by atoms with van der Waals surface area (Å²) in [6, 6.07) is 18.2. The molecule has 7 nitrogen and oxygen atoms in total. The molecular weight excluding hydrogens is 376 g/mol. The molecule has 7 heteroatoms. The van der Waals surface area contributed by atoms with Crippen LogP contribution in [0.4, 0.5) is 5.82 Å². The van der Waals surface area contributed by atoms with Crippen LogP contribution in [0, 0.1) is 0 Å². The van der Waals surface area contributed by atoms with Crippen LogP contribution in [-0.4, -0.2) is 38.7 Å². The van der Waals surface area contributed by atoms with Crippen molar-refractivity contribution >= 4 is 22.8 Å². The van der Waals surface area contributed by atoms with Gasteiger partial charge in [0.05, 0.1) is 17.3 Å². The van der Waals surface area contributed by atoms with Crippen molar-refractivity contribution in [3.63, 3.8) is 0 Å². The highest BCUT2D eigenvalue weighted by atomic mass is 16.1. The number of carbonyl (C=O) groups excluding carboxylic acids is 1. The van der Waals surface area contributed by atoms with E-state index in [-0.39, 0.29) is 5.91 Å². The summed E-state index contributed by atoms with van der Waals surface area (Å²) in [5, 5.41) is 8.17. The molecular formula is C23H22N6O. The van der Waals surface area contributed by atoms with Gasteiger partial charge in [0.1, 0.15) is 12.1 Å². The van der Waals surface area contributed by atoms with Gasteiger partial charge in [0.2, 0.25) is 0 Å². The fourth-order valence-electron chi connectivity index (χ4n) is 3.68. The van der Waals surface area contributed by atoms with Crippen LogP contribution in [-0.2, 0) is 6.54 Å². The number of anilines is 1. The number of para-hydroxylation sites is 1. The van der Waals surface area contributed by atoms with Gasteiger partial charge in [0, 0.05) is 25.2 Å². The molecule has 4 aromatic rings. The van der Waals surface area contributed by atoms with Crippen molar-refractivity contribution in [1.29, 1.82) is 0 Å². The van der Waals surface area contributed by atoms with Gasteiger partial charge in [-0.05, 0) is 42.7 Å². The third-order valence-electron chi connectivity index (χ3n) is 5.40. The van der Waals surface area contributed by atoms with Crippen LogP contribution in [0.5, 0.6) is 0 Å². The number of aromatic nitrogens is 4. The third-order valence-corrected chi connectivity index (χ3v) is 5.40. The number of nitrogens with zero attached hydrogens (tertiary/aromatic N) is 5. The Balaban J connectivity index is 1.49. The van der Waals surface area contributed by atoms with E-state index in [9.17, 15) is 4.79 Å². The molecule has 30 heavy (non-hydrogen) atoms. The van der Waals surface area contributed by atoms with E-state index >= 15 is 0 Å². The van der Waals surface area contributed by atoms with Crippen molar-refractivity contribution < 1.29 is 4.79 Å². The van der Waals surface area contributed by atoms with Crippen LogP contribution in [0.2, 0.25) is 0 Å². The Hall–Kier alpha value is -3.74. The minimum Gasteiger partial charge on any atom is -0.355 e. The average Bonchev–Trinajstić information content (AvgIpc) is 3.55. The molecule has 1 N–H and O–H groups in total. The van der Waals surface area contributed by atoms with E-state index in [1.807, 2.05) is 65.5 Å². The standard InChI is InChI=1S/C23H22N6O/c1-24-23(30)17-9-7-16(8-10-17)14-28(18-11-12-18)21-20-13-27-29(22(20)26-15-25-21)19-5-3-2-4-6-19/h2-10,13,15,18H,11-12,14H2,1H3,(H,24,30). The first-order chi connectivity index (χ1) is 14.7. The molecule has 0 aliphatic heterocycles. The Labute approximate surface area is 174 Å². The molecule has 1 aliphatic rings. The van der Waals surface area contributed by atoms with Gasteiger partial charge in [-0.1, -0.05) is 30.3 Å². The van der Waals surface area contributed by atoms with Gasteiger partial charge in [0.25, 0.3) is 5.91 Å². The Morgan fingerprint density at radius 1 is 1.10 bits per heavy atom. The largest absolute Gasteiger partial charge is 0.355 e. The first-order valence-corrected chi connectivity index (χ1v) is 10.1. The highest BCUT2D eigenvalue weighted by Crippen LogP contribution is 2.35. The number of amides is 1. The summed E-state index contributed by atoms with van der Waals surface area (Å²) in [6.07, 6.45) is 5.76. The molecule has 150 valence electrons. The van der Waals surface area contributed by atoms with Gasteiger partial charge in [-0.2, -0.15) is 5.10 Å². The molecule has 1 aliphatic carbocycles. The number of hydrogen-bond donors (Lipinski definition) is 1. The molecule has 1 saturated carbocycles. The van der Waals surface area contributed by atoms with E-state index in [1.54, 1.807) is 13.4 Å². The number of rotatable bonds is 6. The van der Waals surface area contributed by atoms with E-state index in [1.165, 1.54) is 0 Å². The number of fused-ring (bicyclic) bond motifs is 1. The van der Waals surface area contributed by atoms with Crippen molar-refractivity contribution in [1.82, 2.24) is 25.1 Å². The third kappa shape index (κ3) is 3.39. The quantitative estimate of drug-likeness (QED) is 0.539. The molecule has 0 saturated heterocycles.